The molecule has 3 rings (SSSR count). The molecule has 1 heterocycles. The smallest absolute Gasteiger partial charge is 0.322 e. The summed E-state index contributed by atoms with van der Waals surface area (Å²) in [7, 11) is 1.61. The van der Waals surface area contributed by atoms with Crippen molar-refractivity contribution in [2.75, 3.05) is 37.4 Å². The third kappa shape index (κ3) is 7.66. The van der Waals surface area contributed by atoms with Gasteiger partial charge >= 0.3 is 6.03 Å². The Labute approximate surface area is 221 Å². The molecule has 0 saturated heterocycles. The Morgan fingerprint density at radius 2 is 1.83 bits per heavy atom. The highest BCUT2D eigenvalue weighted by Crippen LogP contribution is 2.26. The normalized spacial score (nSPS) is 11.3. The lowest BCUT2D eigenvalue weighted by molar-refractivity contribution is -0.116. The molecule has 0 radical (unpaired) electrons. The van der Waals surface area contributed by atoms with Crippen LogP contribution in [0.1, 0.15) is 38.4 Å². The fraction of sp³-hybridized carbons (Fsp3) is 0.370. The summed E-state index contributed by atoms with van der Waals surface area (Å²) in [5.74, 6) is 0.242. The van der Waals surface area contributed by atoms with Crippen molar-refractivity contribution in [3.05, 3.63) is 70.3 Å². The van der Waals surface area contributed by atoms with E-state index in [1.807, 2.05) is 49.4 Å². The van der Waals surface area contributed by atoms with Gasteiger partial charge in [0.05, 0.1) is 11.4 Å². The molecule has 36 heavy (non-hydrogen) atoms. The predicted molar refractivity (Wildman–Crippen MR) is 147 cm³/mol. The number of aryl methyl sites for hydroxylation is 1. The molecule has 3 amide bonds. The molecule has 0 saturated carbocycles. The summed E-state index contributed by atoms with van der Waals surface area (Å²) >= 11 is 3.41. The summed E-state index contributed by atoms with van der Waals surface area (Å²) in [4.78, 5) is 27.7. The molecule has 2 aromatic carbocycles. The van der Waals surface area contributed by atoms with E-state index >= 15 is 0 Å². The van der Waals surface area contributed by atoms with Gasteiger partial charge in [-0.3, -0.25) is 4.79 Å². The van der Waals surface area contributed by atoms with Crippen LogP contribution in [0, 0.1) is 6.92 Å². The van der Waals surface area contributed by atoms with Crippen LogP contribution in [0.4, 0.5) is 16.3 Å². The third-order valence-corrected chi connectivity index (χ3v) is 5.96. The molecule has 0 atom stereocenters. The van der Waals surface area contributed by atoms with Crippen molar-refractivity contribution in [1.29, 1.82) is 0 Å². The average Bonchev–Trinajstić information content (AvgIpc) is 3.23. The third-order valence-electron chi connectivity index (χ3n) is 5.47. The number of methoxy groups -OCH3 is 1. The molecule has 192 valence electrons. The summed E-state index contributed by atoms with van der Waals surface area (Å²) in [6.07, 6.45) is 0.602. The molecule has 8 nitrogen and oxygen atoms in total. The van der Waals surface area contributed by atoms with E-state index in [0.29, 0.717) is 31.1 Å². The highest BCUT2D eigenvalue weighted by atomic mass is 79.9. The van der Waals surface area contributed by atoms with Crippen molar-refractivity contribution in [2.45, 2.75) is 39.5 Å². The lowest BCUT2D eigenvalue weighted by Gasteiger charge is -2.23. The molecule has 0 bridgehead atoms. The van der Waals surface area contributed by atoms with Gasteiger partial charge in [0.25, 0.3) is 0 Å². The molecule has 0 aliphatic carbocycles. The first-order valence-corrected chi connectivity index (χ1v) is 12.6. The minimum Gasteiger partial charge on any atom is -0.385 e. The summed E-state index contributed by atoms with van der Waals surface area (Å²) in [6, 6.07) is 16.8. The van der Waals surface area contributed by atoms with Gasteiger partial charge in [0, 0.05) is 41.9 Å². The fourth-order valence-electron chi connectivity index (χ4n) is 3.57. The maximum Gasteiger partial charge on any atom is 0.322 e. The Morgan fingerprint density at radius 3 is 2.50 bits per heavy atom. The monoisotopic (exact) mass is 555 g/mol. The molecule has 9 heteroatoms. The van der Waals surface area contributed by atoms with Crippen molar-refractivity contribution in [1.82, 2.24) is 14.7 Å². The van der Waals surface area contributed by atoms with Gasteiger partial charge in [-0.2, -0.15) is 5.10 Å². The second-order valence-electron chi connectivity index (χ2n) is 9.67. The number of carbonyl (C=O) groups is 2. The zero-order chi connectivity index (χ0) is 26.3. The summed E-state index contributed by atoms with van der Waals surface area (Å²) in [5, 5.41) is 10.6. The minimum absolute atomic E-state index is 0.118. The van der Waals surface area contributed by atoms with Gasteiger partial charge in [0.2, 0.25) is 5.91 Å². The van der Waals surface area contributed by atoms with E-state index in [1.54, 1.807) is 23.9 Å². The first-order chi connectivity index (χ1) is 17.1. The Morgan fingerprint density at radius 1 is 1.08 bits per heavy atom. The lowest BCUT2D eigenvalue weighted by atomic mass is 9.92. The van der Waals surface area contributed by atoms with Gasteiger partial charge in [-0.05, 0) is 49.2 Å². The van der Waals surface area contributed by atoms with Crippen LogP contribution in [0.5, 0.6) is 0 Å². The number of amides is 3. The number of nitrogens with one attached hydrogen (secondary N) is 2. The standard InChI is InChI=1S/C27H34BrN5O3/c1-19-9-6-12-22(15-19)33-24(17-23(31-33)27(2,3)4)30-25(34)18-32(13-8-14-36-5)26(35)29-21-11-7-10-20(28)16-21/h6-7,9-12,15-17H,8,13-14,18H2,1-5H3,(H,29,35)(H,30,34). The lowest BCUT2D eigenvalue weighted by Crippen LogP contribution is -2.41. The molecule has 0 unspecified atom stereocenters. The predicted octanol–water partition coefficient (Wildman–Crippen LogP) is 5.75. The number of hydrogen-bond acceptors (Lipinski definition) is 4. The second kappa shape index (κ2) is 12.2. The number of rotatable bonds is 9. The van der Waals surface area contributed by atoms with Crippen molar-refractivity contribution >= 4 is 39.4 Å². The Kier molecular flexibility index (Phi) is 9.28. The van der Waals surface area contributed by atoms with Crippen molar-refractivity contribution in [2.24, 2.45) is 0 Å². The highest BCUT2D eigenvalue weighted by Gasteiger charge is 2.23. The van der Waals surface area contributed by atoms with E-state index in [-0.39, 0.29) is 23.9 Å². The van der Waals surface area contributed by atoms with E-state index in [4.69, 9.17) is 9.84 Å². The van der Waals surface area contributed by atoms with Crippen LogP contribution in [0.25, 0.3) is 5.69 Å². The first kappa shape index (κ1) is 27.4. The molecule has 3 aromatic rings. The number of urea groups is 1. The van der Waals surface area contributed by atoms with E-state index in [0.717, 1.165) is 21.4 Å². The number of nitrogens with zero attached hydrogens (tertiary/aromatic N) is 3. The maximum absolute atomic E-state index is 13.2. The second-order valence-corrected chi connectivity index (χ2v) is 10.6. The van der Waals surface area contributed by atoms with Crippen LogP contribution >= 0.6 is 15.9 Å². The highest BCUT2D eigenvalue weighted by molar-refractivity contribution is 9.10. The van der Waals surface area contributed by atoms with E-state index in [1.165, 1.54) is 4.90 Å². The molecule has 0 spiro atoms. The van der Waals surface area contributed by atoms with E-state index in [2.05, 4.69) is 47.3 Å². The molecular weight excluding hydrogens is 522 g/mol. The minimum atomic E-state index is -0.359. The SMILES string of the molecule is COCCCN(CC(=O)Nc1cc(C(C)(C)C)nn1-c1cccc(C)c1)C(=O)Nc1cccc(Br)c1. The molecule has 2 N–H and O–H groups in total. The van der Waals surface area contributed by atoms with Gasteiger partial charge in [-0.15, -0.1) is 0 Å². The molecule has 0 aliphatic rings. The largest absolute Gasteiger partial charge is 0.385 e. The Hall–Kier alpha value is -3.17. The van der Waals surface area contributed by atoms with E-state index < -0.39 is 0 Å². The van der Waals surface area contributed by atoms with Crippen LogP contribution in [-0.4, -0.2) is 53.4 Å². The number of carbonyl (C=O) groups excluding carboxylic acids is 2. The number of benzene rings is 2. The first-order valence-electron chi connectivity index (χ1n) is 11.8. The van der Waals surface area contributed by atoms with Crippen molar-refractivity contribution in [3.8, 4) is 5.69 Å². The van der Waals surface area contributed by atoms with Gasteiger partial charge in [-0.1, -0.05) is 54.9 Å². The van der Waals surface area contributed by atoms with Gasteiger partial charge in [-0.25, -0.2) is 9.48 Å². The number of ether oxygens (including phenoxy) is 1. The Balaban J connectivity index is 1.81. The number of aromatic nitrogens is 2. The maximum atomic E-state index is 13.2. The zero-order valence-corrected chi connectivity index (χ0v) is 23.1. The fourth-order valence-corrected chi connectivity index (χ4v) is 3.97. The quantitative estimate of drug-likeness (QED) is 0.329. The van der Waals surface area contributed by atoms with Gasteiger partial charge in [0.1, 0.15) is 12.4 Å². The summed E-state index contributed by atoms with van der Waals surface area (Å²) < 4.78 is 7.73. The molecular formula is C27H34BrN5O3. The number of hydrogen-bond donors (Lipinski definition) is 2. The molecule has 0 fully saturated rings. The van der Waals surface area contributed by atoms with Crippen LogP contribution in [0.3, 0.4) is 0 Å². The zero-order valence-electron chi connectivity index (χ0n) is 21.5. The molecule has 1 aromatic heterocycles. The van der Waals surface area contributed by atoms with Gasteiger partial charge < -0.3 is 20.3 Å². The van der Waals surface area contributed by atoms with Crippen molar-refractivity contribution in [3.63, 3.8) is 0 Å². The van der Waals surface area contributed by atoms with Crippen LogP contribution in [0.15, 0.2) is 59.1 Å². The Bertz CT molecular complexity index is 1200. The topological polar surface area (TPSA) is 88.5 Å². The molecule has 0 aliphatic heterocycles. The van der Waals surface area contributed by atoms with E-state index in [9.17, 15) is 9.59 Å². The summed E-state index contributed by atoms with van der Waals surface area (Å²) in [5.41, 5.74) is 3.23. The van der Waals surface area contributed by atoms with Crippen LogP contribution in [-0.2, 0) is 14.9 Å². The average molecular weight is 557 g/mol. The van der Waals surface area contributed by atoms with Crippen LogP contribution < -0.4 is 10.6 Å². The number of anilines is 2. The van der Waals surface area contributed by atoms with Gasteiger partial charge in [0.15, 0.2) is 0 Å². The summed E-state index contributed by atoms with van der Waals surface area (Å²) in [6.45, 7) is 8.97. The number of halogens is 1. The van der Waals surface area contributed by atoms with Crippen molar-refractivity contribution < 1.29 is 14.3 Å². The van der Waals surface area contributed by atoms with Crippen LogP contribution in [0.2, 0.25) is 0 Å².